The molecule has 0 spiro atoms. The van der Waals surface area contributed by atoms with Crippen LogP contribution in [0.2, 0.25) is 10.0 Å². The molecule has 10 heterocycles. The minimum absolute atomic E-state index is 0. The van der Waals surface area contributed by atoms with Crippen molar-refractivity contribution in [2.24, 2.45) is 0 Å². The molecule has 19 nitrogen and oxygen atoms in total. The van der Waals surface area contributed by atoms with Crippen LogP contribution in [0.4, 0.5) is 0 Å². The average Bonchev–Trinajstić information content (AvgIpc) is 4.03. The molecule has 23 heteroatoms. The second kappa shape index (κ2) is 24.0. The van der Waals surface area contributed by atoms with Gasteiger partial charge in [0.25, 0.3) is 11.8 Å². The second-order valence-corrected chi connectivity index (χ2v) is 20.0. The number of fused-ring (bicyclic) bond motifs is 4. The van der Waals surface area contributed by atoms with Crippen LogP contribution in [0, 0.1) is 0 Å². The van der Waals surface area contributed by atoms with Crippen LogP contribution in [0.3, 0.4) is 0 Å². The number of nitrogens with one attached hydrogen (secondary N) is 2. The summed E-state index contributed by atoms with van der Waals surface area (Å²) in [6.07, 6.45) is 29.1. The molecule has 77 heavy (non-hydrogen) atoms. The zero-order valence-electron chi connectivity index (χ0n) is 43.7. The quantitative estimate of drug-likeness (QED) is 0.0757. The number of halogens is 2. The van der Waals surface area contributed by atoms with Crippen molar-refractivity contribution in [3.05, 3.63) is 177 Å². The Morgan fingerprint density at radius 3 is 1.62 bits per heavy atom. The van der Waals surface area contributed by atoms with Crippen LogP contribution in [0.15, 0.2) is 111 Å². The molecule has 2 fully saturated rings. The summed E-state index contributed by atoms with van der Waals surface area (Å²) < 4.78 is 16.4. The van der Waals surface area contributed by atoms with E-state index in [-0.39, 0.29) is 66.2 Å². The SMILES string of the molecule is CCOC(=O)CCc1cc(C2CC2)cn2cc(Cn3cc(C(=O)NCc4ncn5ccc(Cl)cc45)cn3)nc12.O=C(NCc1ncn2ccc(Cl)cc12)c1cnn(Cc2cn3cc(C4CC4)cc(CCCO)c3n2)c1.[B].[H-].[Li+]. The van der Waals surface area contributed by atoms with E-state index in [4.69, 9.17) is 37.9 Å². The van der Waals surface area contributed by atoms with Crippen LogP contribution < -0.4 is 29.5 Å². The van der Waals surface area contributed by atoms with Gasteiger partial charge in [-0.05, 0) is 110 Å². The fourth-order valence-electron chi connectivity index (χ4n) is 9.33. The first-order chi connectivity index (χ1) is 36.5. The van der Waals surface area contributed by atoms with Crippen molar-refractivity contribution in [1.82, 2.24) is 67.7 Å². The summed E-state index contributed by atoms with van der Waals surface area (Å²) in [5.41, 5.74) is 12.3. The summed E-state index contributed by atoms with van der Waals surface area (Å²) >= 11 is 12.2. The topological polar surface area (TPSA) is 210 Å². The van der Waals surface area contributed by atoms with Crippen LogP contribution in [-0.4, -0.2) is 102 Å². The van der Waals surface area contributed by atoms with Crippen LogP contribution >= 0.6 is 23.2 Å². The minimum Gasteiger partial charge on any atom is -1.00 e. The molecule has 12 rings (SSSR count). The molecule has 2 aliphatic carbocycles. The van der Waals surface area contributed by atoms with E-state index in [9.17, 15) is 19.5 Å². The van der Waals surface area contributed by atoms with Gasteiger partial charge in [0.1, 0.15) is 11.3 Å². The Morgan fingerprint density at radius 2 is 1.17 bits per heavy atom. The fraction of sp³-hybridized carbons (Fsp3) is 0.315. The predicted molar refractivity (Wildman–Crippen MR) is 287 cm³/mol. The Labute approximate surface area is 468 Å². The zero-order chi connectivity index (χ0) is 51.6. The number of aliphatic hydroxyl groups is 1. The van der Waals surface area contributed by atoms with Gasteiger partial charge in [-0.3, -0.25) is 23.7 Å². The third kappa shape index (κ3) is 12.8. The van der Waals surface area contributed by atoms with Gasteiger partial charge >= 0.3 is 24.8 Å². The molecule has 0 atom stereocenters. The number of aromatic nitrogens is 12. The molecule has 0 bridgehead atoms. The van der Waals surface area contributed by atoms with Crippen molar-refractivity contribution in [3.8, 4) is 0 Å². The Kier molecular flexibility index (Phi) is 17.0. The van der Waals surface area contributed by atoms with Gasteiger partial charge in [-0.1, -0.05) is 35.3 Å². The molecule has 3 N–H and O–H groups in total. The smallest absolute Gasteiger partial charge is 1.00 e. The Balaban J connectivity index is 0.000000199. The fourth-order valence-corrected chi connectivity index (χ4v) is 9.65. The van der Waals surface area contributed by atoms with Crippen molar-refractivity contribution in [2.75, 3.05) is 13.2 Å². The largest absolute Gasteiger partial charge is 1.00 e. The maximum absolute atomic E-state index is 12.8. The number of pyridine rings is 4. The molecule has 10 aromatic rings. The molecule has 389 valence electrons. The van der Waals surface area contributed by atoms with E-state index in [2.05, 4.69) is 59.7 Å². The second-order valence-electron chi connectivity index (χ2n) is 19.1. The summed E-state index contributed by atoms with van der Waals surface area (Å²) in [5.74, 6) is 0.546. The maximum Gasteiger partial charge on any atom is 1.00 e. The van der Waals surface area contributed by atoms with Crippen LogP contribution in [0.5, 0.6) is 0 Å². The van der Waals surface area contributed by atoms with Gasteiger partial charge in [-0.2, -0.15) is 10.2 Å². The van der Waals surface area contributed by atoms with E-state index in [1.54, 1.807) is 58.9 Å². The van der Waals surface area contributed by atoms with Crippen molar-refractivity contribution in [1.29, 1.82) is 0 Å². The normalized spacial score (nSPS) is 13.1. The van der Waals surface area contributed by atoms with Crippen LogP contribution in [-0.2, 0) is 48.6 Å². The molecule has 2 aliphatic rings. The number of nitrogens with zero attached hydrogens (tertiary/aromatic N) is 12. The molecule has 0 saturated heterocycles. The van der Waals surface area contributed by atoms with Crippen molar-refractivity contribution >= 4 is 71.7 Å². The van der Waals surface area contributed by atoms with E-state index in [0.717, 1.165) is 62.7 Å². The van der Waals surface area contributed by atoms with Crippen molar-refractivity contribution in [3.63, 3.8) is 0 Å². The van der Waals surface area contributed by atoms with Crippen LogP contribution in [0.1, 0.15) is 124 Å². The summed E-state index contributed by atoms with van der Waals surface area (Å²) in [7, 11) is 0. The van der Waals surface area contributed by atoms with E-state index >= 15 is 0 Å². The Morgan fingerprint density at radius 1 is 0.688 bits per heavy atom. The van der Waals surface area contributed by atoms with Gasteiger partial charge in [0, 0.05) is 81.1 Å². The monoisotopic (exact) mass is 1070 g/mol. The first kappa shape index (κ1) is 54.6. The summed E-state index contributed by atoms with van der Waals surface area (Å²) in [6.45, 7) is 3.77. The standard InChI is InChI=1S/C28H28ClN7O3.C26H26ClN7O2.B.Li.H/c1-2-39-26(37)6-5-19-9-20(18-3-4-18)13-35-15-23(33-27(19)35)16-36-14-21(11-32-36)28(38)30-12-24-25-10-22(29)7-8-34(25)17-31-24;27-21-5-6-32-16-29-23(24(32)9-21)11-28-26(36)20-10-30-34(13-20)15-22-14-33-12-19(17-3-4-17)8-18(2-1-7-35)25(33)31-22;;;/h7-11,13-15,17-18H,2-6,12,16H2,1H3,(H,30,38);5-6,8-10,12-14,16-17,35H,1-4,7,11,15H2,(H,28,36);;;/q;;;+1;-1. The third-order valence-corrected chi connectivity index (χ3v) is 13.9. The number of esters is 1. The van der Waals surface area contributed by atoms with Crippen molar-refractivity contribution < 1.29 is 44.5 Å². The van der Waals surface area contributed by atoms with Gasteiger partial charge in [0.05, 0.1) is 103 Å². The van der Waals surface area contributed by atoms with Gasteiger partial charge in [0.15, 0.2) is 0 Å². The van der Waals surface area contributed by atoms with Gasteiger partial charge in [-0.25, -0.2) is 19.9 Å². The number of rotatable bonds is 19. The molecular formula is C54H55BCl2LiN14O5. The molecule has 2 amide bonds. The molecule has 0 unspecified atom stereocenters. The third-order valence-electron chi connectivity index (χ3n) is 13.4. The van der Waals surface area contributed by atoms with Gasteiger partial charge in [0.2, 0.25) is 0 Å². The first-order valence-corrected chi connectivity index (χ1v) is 25.9. The molecule has 10 aromatic heterocycles. The van der Waals surface area contributed by atoms with Gasteiger partial charge < -0.3 is 39.5 Å². The van der Waals surface area contributed by atoms with E-state index in [1.165, 1.54) is 36.8 Å². The number of carbonyl (C=O) groups excluding carboxylic acids is 3. The number of amides is 2. The van der Waals surface area contributed by atoms with Crippen LogP contribution in [0.25, 0.3) is 22.3 Å². The predicted octanol–water partition coefficient (Wildman–Crippen LogP) is 4.53. The number of ether oxygens (including phenoxy) is 1. The number of hydrogen-bond donors (Lipinski definition) is 3. The summed E-state index contributed by atoms with van der Waals surface area (Å²) in [4.78, 5) is 55.9. The summed E-state index contributed by atoms with van der Waals surface area (Å²) in [6, 6.07) is 11.6. The minimum atomic E-state index is -0.241. The zero-order valence-corrected chi connectivity index (χ0v) is 44.2. The summed E-state index contributed by atoms with van der Waals surface area (Å²) in [5, 5.41) is 25.1. The number of aliphatic hydroxyl groups excluding tert-OH is 1. The van der Waals surface area contributed by atoms with Crippen molar-refractivity contribution in [2.45, 2.75) is 96.3 Å². The molecule has 0 aliphatic heterocycles. The molecule has 3 radical (unpaired) electrons. The Hall–Kier alpha value is -7.21. The number of hydrogen-bond acceptors (Lipinski definition) is 11. The first-order valence-electron chi connectivity index (χ1n) is 25.1. The number of aryl methyl sites for hydroxylation is 2. The van der Waals surface area contributed by atoms with E-state index in [1.807, 2.05) is 57.0 Å². The Bertz CT molecular complexity index is 3750. The molecular weight excluding hydrogens is 1010 g/mol. The number of carbonyl (C=O) groups is 3. The molecule has 2 saturated carbocycles. The average molecular weight is 1070 g/mol. The maximum atomic E-state index is 12.8. The number of imidazole rings is 4. The van der Waals surface area contributed by atoms with Gasteiger partial charge in [-0.15, -0.1) is 0 Å². The molecule has 0 aromatic carbocycles. The van der Waals surface area contributed by atoms with E-state index in [0.29, 0.717) is 72.0 Å². The van der Waals surface area contributed by atoms with E-state index < -0.39 is 0 Å².